The summed E-state index contributed by atoms with van der Waals surface area (Å²) in [6, 6.07) is 1.65. The largest absolute Gasteiger partial charge is 0.493 e. The van der Waals surface area contributed by atoms with Gasteiger partial charge in [0, 0.05) is 23.2 Å². The van der Waals surface area contributed by atoms with Crippen LogP contribution in [0.3, 0.4) is 0 Å². The highest BCUT2D eigenvalue weighted by atomic mass is 32.1. The molecular weight excluding hydrogens is 534 g/mol. The number of rotatable bonds is 6. The van der Waals surface area contributed by atoms with E-state index in [2.05, 4.69) is 10.1 Å². The Kier molecular flexibility index (Phi) is 6.83. The molecule has 0 aromatic carbocycles. The minimum atomic E-state index is -4.50. The lowest BCUT2D eigenvalue weighted by atomic mass is 9.97. The molecule has 0 spiro atoms. The summed E-state index contributed by atoms with van der Waals surface area (Å²) >= 11 is 1.19. The summed E-state index contributed by atoms with van der Waals surface area (Å²) in [5, 5.41) is 4.81. The van der Waals surface area contributed by atoms with Crippen molar-refractivity contribution in [3.63, 3.8) is 0 Å². The SMILES string of the molecule is COc1cc(-c2c(C(C)C)c3nc(C4CCN(CC(F)(F)F)CC4)sc3n2CC(F)(F)F)cn2ncnc12. The molecule has 7 nitrogen and oxygen atoms in total. The molecule has 1 fully saturated rings. The van der Waals surface area contributed by atoms with Crippen molar-refractivity contribution in [2.45, 2.75) is 57.4 Å². The Morgan fingerprint density at radius 2 is 1.76 bits per heavy atom. The number of thiazole rings is 1. The van der Waals surface area contributed by atoms with Gasteiger partial charge in [0.25, 0.3) is 0 Å². The molecule has 1 saturated heterocycles. The number of alkyl halides is 6. The van der Waals surface area contributed by atoms with Gasteiger partial charge >= 0.3 is 12.4 Å². The van der Waals surface area contributed by atoms with Gasteiger partial charge in [-0.1, -0.05) is 13.8 Å². The summed E-state index contributed by atoms with van der Waals surface area (Å²) < 4.78 is 88.2. The zero-order valence-electron chi connectivity index (χ0n) is 20.9. The highest BCUT2D eigenvalue weighted by Gasteiger charge is 2.36. The molecule has 4 aromatic rings. The van der Waals surface area contributed by atoms with Crippen LogP contribution in [-0.2, 0) is 6.54 Å². The molecule has 5 rings (SSSR count). The monoisotopic (exact) mass is 560 g/mol. The molecule has 0 radical (unpaired) electrons. The number of halogens is 6. The second-order valence-electron chi connectivity index (χ2n) is 9.82. The standard InChI is InChI=1S/C24H26F6N6OS/c1-13(2)17-18-22(38-21(33-18)14-4-6-34(7-5-14)10-23(25,26)27)35(11-24(28,29)30)19(17)15-8-16(37-3)20-31-12-32-36(20)9-15/h8-9,12-14H,4-7,10-11H2,1-3H3. The maximum Gasteiger partial charge on any atom is 0.406 e. The smallest absolute Gasteiger partial charge is 0.406 e. The van der Waals surface area contributed by atoms with Crippen molar-refractivity contribution in [2.24, 2.45) is 0 Å². The molecule has 4 aromatic heterocycles. The highest BCUT2D eigenvalue weighted by molar-refractivity contribution is 7.18. The number of methoxy groups -OCH3 is 1. The Morgan fingerprint density at radius 3 is 2.37 bits per heavy atom. The van der Waals surface area contributed by atoms with Gasteiger partial charge in [0.15, 0.2) is 11.4 Å². The van der Waals surface area contributed by atoms with E-state index in [4.69, 9.17) is 9.72 Å². The van der Waals surface area contributed by atoms with Crippen molar-refractivity contribution in [2.75, 3.05) is 26.7 Å². The van der Waals surface area contributed by atoms with Gasteiger partial charge < -0.3 is 9.30 Å². The summed E-state index contributed by atoms with van der Waals surface area (Å²) in [6.07, 6.45) is -4.86. The van der Waals surface area contributed by atoms with E-state index in [0.717, 1.165) is 0 Å². The first kappa shape index (κ1) is 26.7. The lowest BCUT2D eigenvalue weighted by Gasteiger charge is -2.31. The van der Waals surface area contributed by atoms with Gasteiger partial charge in [-0.2, -0.15) is 31.4 Å². The summed E-state index contributed by atoms with van der Waals surface area (Å²) in [5.74, 6) is 0.103. The molecule has 5 heterocycles. The molecule has 206 valence electrons. The second-order valence-corrected chi connectivity index (χ2v) is 10.8. The Morgan fingerprint density at radius 1 is 1.08 bits per heavy atom. The van der Waals surface area contributed by atoms with E-state index >= 15 is 0 Å². The summed E-state index contributed by atoms with van der Waals surface area (Å²) in [4.78, 5) is 10.7. The average molecular weight is 561 g/mol. The van der Waals surface area contributed by atoms with Gasteiger partial charge in [0.05, 0.1) is 24.4 Å². The average Bonchev–Trinajstić information content (AvgIpc) is 3.52. The third-order valence-corrected chi connectivity index (χ3v) is 7.98. The van der Waals surface area contributed by atoms with Gasteiger partial charge in [-0.3, -0.25) is 4.90 Å². The number of hydrogen-bond donors (Lipinski definition) is 0. The minimum Gasteiger partial charge on any atom is -0.493 e. The molecule has 1 aliphatic rings. The van der Waals surface area contributed by atoms with Gasteiger partial charge in [-0.15, -0.1) is 11.3 Å². The molecule has 0 aliphatic carbocycles. The van der Waals surface area contributed by atoms with Gasteiger partial charge in [0.2, 0.25) is 0 Å². The van der Waals surface area contributed by atoms with E-state index in [1.807, 2.05) is 13.8 Å². The maximum atomic E-state index is 13.9. The Balaban J connectivity index is 1.61. The van der Waals surface area contributed by atoms with Crippen molar-refractivity contribution in [1.82, 2.24) is 29.0 Å². The third kappa shape index (κ3) is 5.20. The van der Waals surface area contributed by atoms with E-state index in [9.17, 15) is 26.3 Å². The van der Waals surface area contributed by atoms with Crippen LogP contribution < -0.4 is 4.74 Å². The van der Waals surface area contributed by atoms with Crippen LogP contribution >= 0.6 is 11.3 Å². The molecule has 0 bridgehead atoms. The van der Waals surface area contributed by atoms with Crippen molar-refractivity contribution in [1.29, 1.82) is 0 Å². The summed E-state index contributed by atoms with van der Waals surface area (Å²) in [7, 11) is 1.46. The van der Waals surface area contributed by atoms with Crippen molar-refractivity contribution >= 4 is 27.3 Å². The number of ether oxygens (including phenoxy) is 1. The van der Waals surface area contributed by atoms with Crippen LogP contribution in [0.15, 0.2) is 18.6 Å². The van der Waals surface area contributed by atoms with Crippen LogP contribution in [0, 0.1) is 0 Å². The molecule has 14 heteroatoms. The van der Waals surface area contributed by atoms with Crippen LogP contribution in [-0.4, -0.2) is 68.1 Å². The zero-order valence-corrected chi connectivity index (χ0v) is 21.7. The maximum absolute atomic E-state index is 13.9. The lowest BCUT2D eigenvalue weighted by molar-refractivity contribution is -0.148. The fourth-order valence-electron chi connectivity index (χ4n) is 5.18. The minimum absolute atomic E-state index is 0.105. The number of hydrogen-bond acceptors (Lipinski definition) is 6. The van der Waals surface area contributed by atoms with Gasteiger partial charge in [-0.05, 0) is 37.9 Å². The van der Waals surface area contributed by atoms with Crippen LogP contribution in [0.25, 0.3) is 27.3 Å². The number of likely N-dealkylation sites (tertiary alicyclic amines) is 1. The number of aromatic nitrogens is 5. The van der Waals surface area contributed by atoms with Crippen molar-refractivity contribution < 1.29 is 31.1 Å². The Hall–Kier alpha value is -2.87. The molecule has 1 aliphatic heterocycles. The Bertz CT molecular complexity index is 1440. The Labute approximate surface area is 218 Å². The molecular formula is C24H26F6N6OS. The van der Waals surface area contributed by atoms with E-state index in [0.29, 0.717) is 56.4 Å². The number of fused-ring (bicyclic) bond motifs is 2. The summed E-state index contributed by atoms with van der Waals surface area (Å²) in [6.45, 7) is 2.14. The highest BCUT2D eigenvalue weighted by Crippen LogP contribution is 2.45. The van der Waals surface area contributed by atoms with Crippen LogP contribution in [0.4, 0.5) is 26.3 Å². The zero-order chi connectivity index (χ0) is 27.4. The number of piperidine rings is 1. The first-order valence-electron chi connectivity index (χ1n) is 12.1. The fourth-order valence-corrected chi connectivity index (χ4v) is 6.43. The lowest BCUT2D eigenvalue weighted by Crippen LogP contribution is -2.39. The molecule has 38 heavy (non-hydrogen) atoms. The van der Waals surface area contributed by atoms with E-state index in [1.54, 1.807) is 12.3 Å². The molecule has 0 atom stereocenters. The first-order valence-corrected chi connectivity index (χ1v) is 12.9. The van der Waals surface area contributed by atoms with Crippen LogP contribution in [0.5, 0.6) is 5.75 Å². The van der Waals surface area contributed by atoms with E-state index in [-0.39, 0.29) is 24.9 Å². The predicted octanol–water partition coefficient (Wildman–Crippen LogP) is 6.24. The number of pyridine rings is 1. The quantitative estimate of drug-likeness (QED) is 0.261. The first-order chi connectivity index (χ1) is 17.8. The van der Waals surface area contributed by atoms with Crippen molar-refractivity contribution in [3.05, 3.63) is 29.2 Å². The van der Waals surface area contributed by atoms with Gasteiger partial charge in [-0.25, -0.2) is 14.5 Å². The predicted molar refractivity (Wildman–Crippen MR) is 131 cm³/mol. The van der Waals surface area contributed by atoms with Gasteiger partial charge in [0.1, 0.15) is 23.2 Å². The second kappa shape index (κ2) is 9.70. The van der Waals surface area contributed by atoms with Crippen LogP contribution in [0.2, 0.25) is 0 Å². The third-order valence-electron chi connectivity index (χ3n) is 6.74. The summed E-state index contributed by atoms with van der Waals surface area (Å²) in [5.41, 5.74) is 2.47. The topological polar surface area (TPSA) is 60.5 Å². The molecule has 0 saturated carbocycles. The van der Waals surface area contributed by atoms with Crippen LogP contribution in [0.1, 0.15) is 49.1 Å². The van der Waals surface area contributed by atoms with E-state index in [1.165, 1.54) is 38.8 Å². The number of nitrogens with zero attached hydrogens (tertiary/aromatic N) is 6. The molecule has 0 N–H and O–H groups in total. The fraction of sp³-hybridized carbons (Fsp3) is 0.542. The normalized spacial score (nSPS) is 16.4. The van der Waals surface area contributed by atoms with E-state index < -0.39 is 25.4 Å². The molecule has 0 unspecified atom stereocenters. The molecule has 0 amide bonds. The van der Waals surface area contributed by atoms with Crippen molar-refractivity contribution in [3.8, 4) is 17.0 Å².